The Labute approximate surface area is 82.6 Å². The lowest BCUT2D eigenvalue weighted by molar-refractivity contribution is 0.0805. The summed E-state index contributed by atoms with van der Waals surface area (Å²) in [5, 5.41) is 0. The van der Waals surface area contributed by atoms with Crippen molar-refractivity contribution in [2.45, 2.75) is 46.0 Å². The monoisotopic (exact) mass is 188 g/mol. The molecule has 2 heteroatoms. The quantitative estimate of drug-likeness (QED) is 0.491. The van der Waals surface area contributed by atoms with Crippen LogP contribution in [-0.4, -0.2) is 26.4 Å². The van der Waals surface area contributed by atoms with E-state index in [1.165, 1.54) is 25.7 Å². The molecule has 0 amide bonds. The Bertz CT molecular complexity index is 74.2. The van der Waals surface area contributed by atoms with Gasteiger partial charge in [0.25, 0.3) is 0 Å². The van der Waals surface area contributed by atoms with Gasteiger partial charge < -0.3 is 9.47 Å². The van der Waals surface area contributed by atoms with Crippen LogP contribution in [0.15, 0.2) is 0 Å². The van der Waals surface area contributed by atoms with E-state index in [1.54, 1.807) is 0 Å². The third kappa shape index (κ3) is 11.9. The Balaban J connectivity index is 2.76. The largest absolute Gasteiger partial charge is 0.381 e. The molecular formula is C11H24O2. The molecule has 0 saturated heterocycles. The van der Waals surface area contributed by atoms with Crippen molar-refractivity contribution in [1.82, 2.24) is 0 Å². The molecule has 0 aliphatic rings. The summed E-state index contributed by atoms with van der Waals surface area (Å²) in [6, 6.07) is 0. The van der Waals surface area contributed by atoms with E-state index in [0.29, 0.717) is 0 Å². The minimum Gasteiger partial charge on any atom is -0.381 e. The SMILES string of the molecule is CCCCOCCCOCCCC. The van der Waals surface area contributed by atoms with E-state index in [9.17, 15) is 0 Å². The van der Waals surface area contributed by atoms with Crippen molar-refractivity contribution in [2.24, 2.45) is 0 Å². The average molecular weight is 188 g/mol. The lowest BCUT2D eigenvalue weighted by Gasteiger charge is -2.04. The van der Waals surface area contributed by atoms with Gasteiger partial charge in [0, 0.05) is 26.4 Å². The number of unbranched alkanes of at least 4 members (excludes halogenated alkanes) is 2. The third-order valence-electron chi connectivity index (χ3n) is 1.86. The van der Waals surface area contributed by atoms with Gasteiger partial charge in [-0.15, -0.1) is 0 Å². The third-order valence-corrected chi connectivity index (χ3v) is 1.86. The van der Waals surface area contributed by atoms with Crippen LogP contribution in [0.5, 0.6) is 0 Å². The van der Waals surface area contributed by atoms with Gasteiger partial charge in [0.05, 0.1) is 0 Å². The van der Waals surface area contributed by atoms with E-state index in [1.807, 2.05) is 0 Å². The summed E-state index contributed by atoms with van der Waals surface area (Å²) in [6.07, 6.45) is 5.82. The summed E-state index contributed by atoms with van der Waals surface area (Å²) in [4.78, 5) is 0. The maximum Gasteiger partial charge on any atom is 0.0487 e. The minimum atomic E-state index is 0.853. The standard InChI is InChI=1S/C11H24O2/c1-3-5-8-12-10-7-11-13-9-6-4-2/h3-11H2,1-2H3. The van der Waals surface area contributed by atoms with Crippen LogP contribution >= 0.6 is 0 Å². The van der Waals surface area contributed by atoms with Crippen LogP contribution in [0.3, 0.4) is 0 Å². The summed E-state index contributed by atoms with van der Waals surface area (Å²) < 4.78 is 10.8. The smallest absolute Gasteiger partial charge is 0.0487 e. The molecule has 0 spiro atoms. The van der Waals surface area contributed by atoms with Crippen molar-refractivity contribution in [1.29, 1.82) is 0 Å². The first-order valence-corrected chi connectivity index (χ1v) is 5.57. The highest BCUT2D eigenvalue weighted by Crippen LogP contribution is 1.92. The van der Waals surface area contributed by atoms with Crippen LogP contribution in [-0.2, 0) is 9.47 Å². The Morgan fingerprint density at radius 2 is 1.00 bits per heavy atom. The van der Waals surface area contributed by atoms with Crippen molar-refractivity contribution in [2.75, 3.05) is 26.4 Å². The molecule has 0 rings (SSSR count). The molecule has 0 heterocycles. The first-order chi connectivity index (χ1) is 6.41. The fourth-order valence-electron chi connectivity index (χ4n) is 0.960. The molecule has 0 aromatic carbocycles. The fourth-order valence-corrected chi connectivity index (χ4v) is 0.960. The van der Waals surface area contributed by atoms with Crippen molar-refractivity contribution >= 4 is 0 Å². The molecule has 0 aromatic rings. The number of rotatable bonds is 10. The van der Waals surface area contributed by atoms with Gasteiger partial charge in [-0.3, -0.25) is 0 Å². The van der Waals surface area contributed by atoms with Gasteiger partial charge in [0.2, 0.25) is 0 Å². The summed E-state index contributed by atoms with van der Waals surface area (Å²) in [5.41, 5.74) is 0. The predicted molar refractivity (Wildman–Crippen MR) is 56.1 cm³/mol. The number of hydrogen-bond acceptors (Lipinski definition) is 2. The van der Waals surface area contributed by atoms with Crippen molar-refractivity contribution < 1.29 is 9.47 Å². The maximum absolute atomic E-state index is 5.40. The van der Waals surface area contributed by atoms with Gasteiger partial charge in [0.1, 0.15) is 0 Å². The van der Waals surface area contributed by atoms with Gasteiger partial charge >= 0.3 is 0 Å². The minimum absolute atomic E-state index is 0.853. The summed E-state index contributed by atoms with van der Waals surface area (Å²) in [7, 11) is 0. The van der Waals surface area contributed by atoms with Gasteiger partial charge in [-0.1, -0.05) is 26.7 Å². The molecule has 80 valence electrons. The Morgan fingerprint density at radius 1 is 0.615 bits per heavy atom. The summed E-state index contributed by atoms with van der Waals surface area (Å²) in [6.45, 7) is 7.88. The molecule has 2 nitrogen and oxygen atoms in total. The molecular weight excluding hydrogens is 164 g/mol. The zero-order valence-corrected chi connectivity index (χ0v) is 9.18. The van der Waals surface area contributed by atoms with E-state index in [-0.39, 0.29) is 0 Å². The lowest BCUT2D eigenvalue weighted by Crippen LogP contribution is -2.02. The van der Waals surface area contributed by atoms with Gasteiger partial charge in [-0.2, -0.15) is 0 Å². The molecule has 0 bridgehead atoms. The molecule has 0 atom stereocenters. The maximum atomic E-state index is 5.40. The highest BCUT2D eigenvalue weighted by Gasteiger charge is 1.89. The predicted octanol–water partition coefficient (Wildman–Crippen LogP) is 3.01. The second kappa shape index (κ2) is 11.9. The number of ether oxygens (including phenoxy) is 2. The highest BCUT2D eigenvalue weighted by atomic mass is 16.5. The van der Waals surface area contributed by atoms with E-state index in [4.69, 9.17) is 9.47 Å². The fraction of sp³-hybridized carbons (Fsp3) is 1.00. The Kier molecular flexibility index (Phi) is 11.8. The van der Waals surface area contributed by atoms with Crippen LogP contribution in [0.4, 0.5) is 0 Å². The zero-order valence-electron chi connectivity index (χ0n) is 9.18. The van der Waals surface area contributed by atoms with Crippen molar-refractivity contribution in [3.8, 4) is 0 Å². The van der Waals surface area contributed by atoms with Gasteiger partial charge in [-0.25, -0.2) is 0 Å². The molecule has 0 aromatic heterocycles. The van der Waals surface area contributed by atoms with Crippen molar-refractivity contribution in [3.05, 3.63) is 0 Å². The normalized spacial score (nSPS) is 10.6. The van der Waals surface area contributed by atoms with Gasteiger partial charge in [-0.05, 0) is 19.3 Å². The van der Waals surface area contributed by atoms with Crippen LogP contribution < -0.4 is 0 Å². The molecule has 0 unspecified atom stereocenters. The highest BCUT2D eigenvalue weighted by molar-refractivity contribution is 4.37. The zero-order chi connectivity index (χ0) is 9.78. The first-order valence-electron chi connectivity index (χ1n) is 5.57. The van der Waals surface area contributed by atoms with E-state index >= 15 is 0 Å². The van der Waals surface area contributed by atoms with Gasteiger partial charge in [0.15, 0.2) is 0 Å². The first kappa shape index (κ1) is 12.9. The van der Waals surface area contributed by atoms with Crippen LogP contribution in [0.25, 0.3) is 0 Å². The molecule has 0 aliphatic carbocycles. The molecule has 0 aliphatic heterocycles. The van der Waals surface area contributed by atoms with Crippen molar-refractivity contribution in [3.63, 3.8) is 0 Å². The van der Waals surface area contributed by atoms with Crippen LogP contribution in [0, 0.1) is 0 Å². The molecule has 0 fully saturated rings. The van der Waals surface area contributed by atoms with Crippen LogP contribution in [0.1, 0.15) is 46.0 Å². The summed E-state index contributed by atoms with van der Waals surface area (Å²) >= 11 is 0. The molecule has 0 radical (unpaired) electrons. The Hall–Kier alpha value is -0.0800. The second-order valence-electron chi connectivity index (χ2n) is 3.29. The molecule has 0 N–H and O–H groups in total. The van der Waals surface area contributed by atoms with Crippen LogP contribution in [0.2, 0.25) is 0 Å². The second-order valence-corrected chi connectivity index (χ2v) is 3.29. The van der Waals surface area contributed by atoms with E-state index < -0.39 is 0 Å². The average Bonchev–Trinajstić information content (AvgIpc) is 2.16. The molecule has 0 saturated carbocycles. The van der Waals surface area contributed by atoms with E-state index in [2.05, 4.69) is 13.8 Å². The lowest BCUT2D eigenvalue weighted by atomic mass is 10.3. The topological polar surface area (TPSA) is 18.5 Å². The van der Waals surface area contributed by atoms with E-state index in [0.717, 1.165) is 32.8 Å². The molecule has 13 heavy (non-hydrogen) atoms. The number of hydrogen-bond donors (Lipinski definition) is 0. The Morgan fingerprint density at radius 3 is 1.38 bits per heavy atom. The summed E-state index contributed by atoms with van der Waals surface area (Å²) in [5.74, 6) is 0.